The topological polar surface area (TPSA) is 100 Å². The maximum Gasteiger partial charge on any atom is 0.259 e. The van der Waals surface area contributed by atoms with Gasteiger partial charge in [0.25, 0.3) is 5.91 Å². The van der Waals surface area contributed by atoms with E-state index < -0.39 is 22.2 Å². The van der Waals surface area contributed by atoms with E-state index in [1.54, 1.807) is 42.2 Å². The fourth-order valence-corrected chi connectivity index (χ4v) is 5.05. The van der Waals surface area contributed by atoms with E-state index in [0.717, 1.165) is 5.56 Å². The summed E-state index contributed by atoms with van der Waals surface area (Å²) < 4.78 is 34.2. The molecule has 1 aliphatic rings. The van der Waals surface area contributed by atoms with Gasteiger partial charge in [0.05, 0.1) is 24.1 Å². The number of aliphatic hydroxyl groups is 1. The van der Waals surface area contributed by atoms with Crippen molar-refractivity contribution in [1.29, 1.82) is 0 Å². The van der Waals surface area contributed by atoms with Crippen molar-refractivity contribution in [2.24, 2.45) is 5.92 Å². The molecule has 0 spiro atoms. The Bertz CT molecular complexity index is 1080. The molecule has 174 valence electrons. The number of likely N-dealkylation sites (N-methyl/N-ethyl adjacent to an activating group) is 1. The van der Waals surface area contributed by atoms with E-state index in [0.29, 0.717) is 11.0 Å². The van der Waals surface area contributed by atoms with Crippen LogP contribution in [0.15, 0.2) is 45.9 Å². The quantitative estimate of drug-likeness (QED) is 0.622. The summed E-state index contributed by atoms with van der Waals surface area (Å²) in [5, 5.41) is 9.68. The fourth-order valence-electron chi connectivity index (χ4n) is 3.54. The molecule has 0 fully saturated rings. The van der Waals surface area contributed by atoms with E-state index in [2.05, 4.69) is 20.9 Å². The van der Waals surface area contributed by atoms with Crippen LogP contribution in [-0.2, 0) is 10.0 Å². The Morgan fingerprint density at radius 2 is 2.00 bits per heavy atom. The number of carbonyl (C=O) groups is 1. The summed E-state index contributed by atoms with van der Waals surface area (Å²) in [6, 6.07) is 7.90. The molecule has 1 amide bonds. The highest BCUT2D eigenvalue weighted by molar-refractivity contribution is 9.10. The average Bonchev–Trinajstić information content (AvgIpc) is 2.76. The maximum absolute atomic E-state index is 13.2. The number of hydrogen-bond donors (Lipinski definition) is 1. The summed E-state index contributed by atoms with van der Waals surface area (Å²) in [4.78, 5) is 19.2. The monoisotopic (exact) mass is 525 g/mol. The molecule has 0 saturated heterocycles. The van der Waals surface area contributed by atoms with Crippen LogP contribution < -0.4 is 4.74 Å². The summed E-state index contributed by atoms with van der Waals surface area (Å²) >= 11 is 3.34. The number of ether oxygens (including phenoxy) is 1. The molecule has 2 aromatic rings. The van der Waals surface area contributed by atoms with Crippen LogP contribution >= 0.6 is 15.9 Å². The number of nitrogens with zero attached hydrogens (tertiary/aromatic N) is 3. The third-order valence-corrected chi connectivity index (χ3v) is 7.93. The first-order valence-corrected chi connectivity index (χ1v) is 12.5. The molecule has 10 heteroatoms. The Balaban J connectivity index is 1.94. The van der Waals surface area contributed by atoms with Gasteiger partial charge in [-0.05, 0) is 48.0 Å². The van der Waals surface area contributed by atoms with E-state index in [1.807, 2.05) is 13.8 Å². The maximum atomic E-state index is 13.2. The van der Waals surface area contributed by atoms with Gasteiger partial charge in [0.15, 0.2) is 0 Å². The van der Waals surface area contributed by atoms with Crippen molar-refractivity contribution in [2.45, 2.75) is 37.8 Å². The number of rotatable bonds is 6. The lowest BCUT2D eigenvalue weighted by atomic mass is 10.0. The predicted molar refractivity (Wildman–Crippen MR) is 124 cm³/mol. The number of aryl methyl sites for hydroxylation is 1. The zero-order chi connectivity index (χ0) is 23.6. The van der Waals surface area contributed by atoms with Gasteiger partial charge in [0.1, 0.15) is 11.7 Å². The van der Waals surface area contributed by atoms with Crippen molar-refractivity contribution >= 4 is 31.9 Å². The van der Waals surface area contributed by atoms with Crippen molar-refractivity contribution in [3.8, 4) is 5.88 Å². The van der Waals surface area contributed by atoms with Gasteiger partial charge < -0.3 is 14.7 Å². The molecule has 1 aromatic heterocycles. The molecule has 1 aromatic carbocycles. The lowest BCUT2D eigenvalue weighted by Gasteiger charge is -2.37. The first kappa shape index (κ1) is 24.6. The number of amides is 1. The first-order valence-electron chi connectivity index (χ1n) is 10.3. The van der Waals surface area contributed by atoms with Crippen molar-refractivity contribution in [3.63, 3.8) is 0 Å². The number of aliphatic hydroxyl groups excluding tert-OH is 1. The molecule has 32 heavy (non-hydrogen) atoms. The minimum absolute atomic E-state index is 0.0735. The zero-order valence-corrected chi connectivity index (χ0v) is 20.9. The van der Waals surface area contributed by atoms with E-state index in [4.69, 9.17) is 4.74 Å². The van der Waals surface area contributed by atoms with Crippen LogP contribution in [0.25, 0.3) is 0 Å². The number of hydrogen-bond acceptors (Lipinski definition) is 6. The largest absolute Gasteiger partial charge is 0.472 e. The lowest BCUT2D eigenvalue weighted by molar-refractivity contribution is 0.0373. The molecule has 3 rings (SSSR count). The minimum atomic E-state index is -3.72. The van der Waals surface area contributed by atoms with Gasteiger partial charge in [-0.3, -0.25) is 4.79 Å². The molecule has 1 N–H and O–H groups in total. The minimum Gasteiger partial charge on any atom is -0.472 e. The van der Waals surface area contributed by atoms with Crippen molar-refractivity contribution in [1.82, 2.24) is 14.2 Å². The van der Waals surface area contributed by atoms with Crippen LogP contribution in [0.2, 0.25) is 0 Å². The second kappa shape index (κ2) is 9.86. The van der Waals surface area contributed by atoms with E-state index in [-0.39, 0.29) is 41.3 Å². The number of sulfonamides is 1. The Morgan fingerprint density at radius 3 is 2.62 bits per heavy atom. The summed E-state index contributed by atoms with van der Waals surface area (Å²) in [6.07, 6.45) is 0.969. The number of aromatic nitrogens is 1. The Labute approximate surface area is 197 Å². The van der Waals surface area contributed by atoms with Crippen LogP contribution in [-0.4, -0.2) is 72.5 Å². The molecule has 0 aliphatic carbocycles. The SMILES string of the molecule is Cc1ccc(S(=O)(=O)N(C)C[C@@H]2Oc3ncc(Br)cc3C(=O)N([C@@H](C)CO)C[C@@H]2C)cc1. The van der Waals surface area contributed by atoms with Gasteiger partial charge in [-0.2, -0.15) is 4.31 Å². The molecular formula is C22H28BrN3O5S. The highest BCUT2D eigenvalue weighted by atomic mass is 79.9. The van der Waals surface area contributed by atoms with E-state index >= 15 is 0 Å². The van der Waals surface area contributed by atoms with Crippen molar-refractivity contribution < 1.29 is 23.1 Å². The molecule has 0 bridgehead atoms. The van der Waals surface area contributed by atoms with Crippen LogP contribution in [0.1, 0.15) is 29.8 Å². The average molecular weight is 526 g/mol. The highest BCUT2D eigenvalue weighted by Gasteiger charge is 2.35. The van der Waals surface area contributed by atoms with E-state index in [1.165, 1.54) is 17.5 Å². The van der Waals surface area contributed by atoms with Gasteiger partial charge in [0.2, 0.25) is 15.9 Å². The molecule has 3 atom stereocenters. The molecule has 2 heterocycles. The number of halogens is 1. The molecule has 1 aliphatic heterocycles. The normalized spacial score (nSPS) is 20.3. The highest BCUT2D eigenvalue weighted by Crippen LogP contribution is 2.29. The number of fused-ring (bicyclic) bond motifs is 1. The first-order chi connectivity index (χ1) is 15.0. The Kier molecular flexibility index (Phi) is 7.59. The second-order valence-electron chi connectivity index (χ2n) is 8.23. The molecule has 0 saturated carbocycles. The van der Waals surface area contributed by atoms with Gasteiger partial charge in [-0.15, -0.1) is 0 Å². The second-order valence-corrected chi connectivity index (χ2v) is 11.2. The molecule has 0 unspecified atom stereocenters. The smallest absolute Gasteiger partial charge is 0.259 e. The van der Waals surface area contributed by atoms with Crippen LogP contribution in [0.5, 0.6) is 5.88 Å². The molecular weight excluding hydrogens is 498 g/mol. The Morgan fingerprint density at radius 1 is 1.34 bits per heavy atom. The standard InChI is InChI=1S/C22H28BrN3O5S/c1-14-5-7-18(8-6-14)32(29,30)25(4)12-20-15(2)11-26(16(3)13-27)22(28)19-9-17(23)10-24-21(19)31-20/h5-10,15-16,20,27H,11-13H2,1-4H3/t15-,16-,20-/m0/s1. The van der Waals surface area contributed by atoms with Crippen LogP contribution in [0.3, 0.4) is 0 Å². The summed E-state index contributed by atoms with van der Waals surface area (Å²) in [6.45, 7) is 5.74. The number of benzene rings is 1. The van der Waals surface area contributed by atoms with E-state index in [9.17, 15) is 18.3 Å². The zero-order valence-electron chi connectivity index (χ0n) is 18.5. The third-order valence-electron chi connectivity index (χ3n) is 5.65. The Hall–Kier alpha value is -2.01. The van der Waals surface area contributed by atoms with Gasteiger partial charge >= 0.3 is 0 Å². The van der Waals surface area contributed by atoms with Gasteiger partial charge in [-0.25, -0.2) is 13.4 Å². The van der Waals surface area contributed by atoms with Gasteiger partial charge in [0, 0.05) is 30.2 Å². The third kappa shape index (κ3) is 5.14. The fraction of sp³-hybridized carbons (Fsp3) is 0.455. The van der Waals surface area contributed by atoms with Crippen LogP contribution in [0, 0.1) is 12.8 Å². The number of carbonyl (C=O) groups excluding carboxylic acids is 1. The lowest BCUT2D eigenvalue weighted by Crippen LogP contribution is -2.50. The predicted octanol–water partition coefficient (Wildman–Crippen LogP) is 2.69. The molecule has 0 radical (unpaired) electrons. The van der Waals surface area contributed by atoms with Gasteiger partial charge in [-0.1, -0.05) is 24.6 Å². The molecule has 8 nitrogen and oxygen atoms in total. The van der Waals surface area contributed by atoms with Crippen LogP contribution in [0.4, 0.5) is 0 Å². The van der Waals surface area contributed by atoms with Crippen molar-refractivity contribution in [3.05, 3.63) is 52.1 Å². The number of pyridine rings is 1. The summed E-state index contributed by atoms with van der Waals surface area (Å²) in [5.74, 6) is -0.366. The summed E-state index contributed by atoms with van der Waals surface area (Å²) in [5.41, 5.74) is 1.24. The summed E-state index contributed by atoms with van der Waals surface area (Å²) in [7, 11) is -2.21. The van der Waals surface area contributed by atoms with Crippen molar-refractivity contribution in [2.75, 3.05) is 26.7 Å².